The monoisotopic (exact) mass is 260 g/mol. The van der Waals surface area contributed by atoms with E-state index >= 15 is 0 Å². The normalized spacial score (nSPS) is 19.6. The Bertz CT molecular complexity index is 403. The van der Waals surface area contributed by atoms with Crippen molar-refractivity contribution >= 4 is 0 Å². The fraction of sp³-hybridized carbons (Fsp3) is 0.625. The summed E-state index contributed by atoms with van der Waals surface area (Å²) in [6.45, 7) is 5.27. The van der Waals surface area contributed by atoms with E-state index < -0.39 is 0 Å². The van der Waals surface area contributed by atoms with Crippen molar-refractivity contribution in [3.05, 3.63) is 29.8 Å². The minimum atomic E-state index is 0.817. The van der Waals surface area contributed by atoms with Crippen LogP contribution in [0.15, 0.2) is 24.3 Å². The maximum atomic E-state index is 5.79. The van der Waals surface area contributed by atoms with Crippen LogP contribution >= 0.6 is 0 Å². The van der Waals surface area contributed by atoms with Crippen molar-refractivity contribution in [2.24, 2.45) is 0 Å². The van der Waals surface area contributed by atoms with Crippen LogP contribution in [0.25, 0.3) is 0 Å². The standard InChI is InChI=1S/C16H24N2O/c1-2-6-16-14(5-1)13-18(11-12-19-16)10-4-3-9-17-15-7-8-15/h1-2,5-6,15,17H,3-4,7-13H2. The molecule has 1 aliphatic carbocycles. The Kier molecular flexibility index (Phi) is 4.36. The zero-order chi connectivity index (χ0) is 12.9. The summed E-state index contributed by atoms with van der Waals surface area (Å²) in [4.78, 5) is 2.52. The molecule has 0 bridgehead atoms. The van der Waals surface area contributed by atoms with Gasteiger partial charge in [-0.1, -0.05) is 18.2 Å². The van der Waals surface area contributed by atoms with Gasteiger partial charge in [-0.05, 0) is 44.8 Å². The minimum Gasteiger partial charge on any atom is -0.492 e. The number of hydrogen-bond donors (Lipinski definition) is 1. The molecule has 0 unspecified atom stereocenters. The predicted octanol–water partition coefficient (Wildman–Crippen LogP) is 2.41. The van der Waals surface area contributed by atoms with E-state index in [0.717, 1.165) is 31.5 Å². The van der Waals surface area contributed by atoms with Gasteiger partial charge in [0.15, 0.2) is 0 Å². The topological polar surface area (TPSA) is 24.5 Å². The number of fused-ring (bicyclic) bond motifs is 1. The van der Waals surface area contributed by atoms with E-state index in [1.807, 2.05) is 0 Å². The van der Waals surface area contributed by atoms with Gasteiger partial charge < -0.3 is 10.1 Å². The fourth-order valence-corrected chi connectivity index (χ4v) is 2.62. The van der Waals surface area contributed by atoms with E-state index in [0.29, 0.717) is 0 Å². The summed E-state index contributed by atoms with van der Waals surface area (Å²) in [6.07, 6.45) is 5.35. The van der Waals surface area contributed by atoms with Gasteiger partial charge >= 0.3 is 0 Å². The predicted molar refractivity (Wildman–Crippen MR) is 77.5 cm³/mol. The highest BCUT2D eigenvalue weighted by Crippen LogP contribution is 2.22. The van der Waals surface area contributed by atoms with Gasteiger partial charge in [0.05, 0.1) is 0 Å². The molecule has 0 aromatic heterocycles. The number of rotatable bonds is 6. The summed E-state index contributed by atoms with van der Waals surface area (Å²) >= 11 is 0. The van der Waals surface area contributed by atoms with Gasteiger partial charge in [0.1, 0.15) is 12.4 Å². The molecule has 0 saturated heterocycles. The third kappa shape index (κ3) is 3.95. The summed E-state index contributed by atoms with van der Waals surface area (Å²) in [7, 11) is 0. The van der Waals surface area contributed by atoms with Crippen LogP contribution in [0.2, 0.25) is 0 Å². The van der Waals surface area contributed by atoms with Crippen LogP contribution < -0.4 is 10.1 Å². The summed E-state index contributed by atoms with van der Waals surface area (Å²) in [5, 5.41) is 3.58. The molecule has 1 fully saturated rings. The minimum absolute atomic E-state index is 0.817. The summed E-state index contributed by atoms with van der Waals surface area (Å²) in [5.74, 6) is 1.07. The van der Waals surface area contributed by atoms with Gasteiger partial charge in [0.2, 0.25) is 0 Å². The molecule has 1 aromatic rings. The van der Waals surface area contributed by atoms with E-state index in [1.54, 1.807) is 0 Å². The van der Waals surface area contributed by atoms with Crippen LogP contribution in [0.3, 0.4) is 0 Å². The number of para-hydroxylation sites is 1. The second-order valence-corrected chi connectivity index (χ2v) is 5.67. The van der Waals surface area contributed by atoms with Crippen molar-refractivity contribution in [1.29, 1.82) is 0 Å². The molecule has 3 rings (SSSR count). The maximum Gasteiger partial charge on any atom is 0.123 e. The van der Waals surface area contributed by atoms with E-state index in [1.165, 1.54) is 44.3 Å². The smallest absolute Gasteiger partial charge is 0.123 e. The lowest BCUT2D eigenvalue weighted by Crippen LogP contribution is -2.27. The highest BCUT2D eigenvalue weighted by atomic mass is 16.5. The molecule has 0 radical (unpaired) electrons. The Labute approximate surface area is 115 Å². The molecule has 0 amide bonds. The van der Waals surface area contributed by atoms with E-state index in [9.17, 15) is 0 Å². The van der Waals surface area contributed by atoms with Crippen LogP contribution in [0.5, 0.6) is 5.75 Å². The van der Waals surface area contributed by atoms with Gasteiger partial charge in [-0.25, -0.2) is 0 Å². The Morgan fingerprint density at radius 3 is 3.00 bits per heavy atom. The molecule has 3 heteroatoms. The largest absolute Gasteiger partial charge is 0.492 e. The lowest BCUT2D eigenvalue weighted by Gasteiger charge is -2.19. The number of hydrogen-bond acceptors (Lipinski definition) is 3. The number of unbranched alkanes of at least 4 members (excludes halogenated alkanes) is 1. The number of ether oxygens (including phenoxy) is 1. The van der Waals surface area contributed by atoms with Crippen molar-refractivity contribution in [3.8, 4) is 5.75 Å². The molecule has 1 saturated carbocycles. The van der Waals surface area contributed by atoms with Crippen molar-refractivity contribution in [1.82, 2.24) is 10.2 Å². The molecule has 0 atom stereocenters. The average Bonchev–Trinajstić information content (AvgIpc) is 3.24. The Morgan fingerprint density at radius 1 is 1.21 bits per heavy atom. The Balaban J connectivity index is 1.41. The van der Waals surface area contributed by atoms with E-state index in [4.69, 9.17) is 4.74 Å². The molecule has 1 heterocycles. The maximum absolute atomic E-state index is 5.79. The SMILES string of the molecule is c1ccc2c(c1)CN(CCCCNC1CC1)CCO2. The van der Waals surface area contributed by atoms with Crippen LogP contribution in [0.4, 0.5) is 0 Å². The Morgan fingerprint density at radius 2 is 2.11 bits per heavy atom. The highest BCUT2D eigenvalue weighted by Gasteiger charge is 2.19. The van der Waals surface area contributed by atoms with Gasteiger partial charge in [-0.15, -0.1) is 0 Å². The molecular weight excluding hydrogens is 236 g/mol. The van der Waals surface area contributed by atoms with Gasteiger partial charge in [-0.3, -0.25) is 4.90 Å². The zero-order valence-corrected chi connectivity index (χ0v) is 11.6. The van der Waals surface area contributed by atoms with Crippen molar-refractivity contribution in [3.63, 3.8) is 0 Å². The number of nitrogens with one attached hydrogen (secondary N) is 1. The fourth-order valence-electron chi connectivity index (χ4n) is 2.62. The van der Waals surface area contributed by atoms with E-state index in [-0.39, 0.29) is 0 Å². The molecule has 1 N–H and O–H groups in total. The summed E-state index contributed by atoms with van der Waals surface area (Å²) in [6, 6.07) is 9.27. The molecule has 1 aliphatic heterocycles. The van der Waals surface area contributed by atoms with Crippen molar-refractivity contribution in [2.45, 2.75) is 38.3 Å². The second-order valence-electron chi connectivity index (χ2n) is 5.67. The lowest BCUT2D eigenvalue weighted by atomic mass is 10.2. The molecule has 19 heavy (non-hydrogen) atoms. The van der Waals surface area contributed by atoms with E-state index in [2.05, 4.69) is 34.5 Å². The van der Waals surface area contributed by atoms with Crippen LogP contribution in [0.1, 0.15) is 31.2 Å². The molecular formula is C16H24N2O. The number of nitrogens with zero attached hydrogens (tertiary/aromatic N) is 1. The molecule has 2 aliphatic rings. The zero-order valence-electron chi connectivity index (χ0n) is 11.6. The van der Waals surface area contributed by atoms with Crippen LogP contribution in [0, 0.1) is 0 Å². The highest BCUT2D eigenvalue weighted by molar-refractivity contribution is 5.33. The van der Waals surface area contributed by atoms with Crippen LogP contribution in [-0.4, -0.2) is 37.2 Å². The van der Waals surface area contributed by atoms with Crippen molar-refractivity contribution in [2.75, 3.05) is 26.2 Å². The molecule has 0 spiro atoms. The van der Waals surface area contributed by atoms with Crippen molar-refractivity contribution < 1.29 is 4.74 Å². The first kappa shape index (κ1) is 12.9. The quantitative estimate of drug-likeness (QED) is 0.795. The lowest BCUT2D eigenvalue weighted by molar-refractivity contribution is 0.222. The summed E-state index contributed by atoms with van der Waals surface area (Å²) < 4.78 is 5.79. The van der Waals surface area contributed by atoms with Gasteiger partial charge in [0.25, 0.3) is 0 Å². The molecule has 3 nitrogen and oxygen atoms in total. The average molecular weight is 260 g/mol. The molecule has 1 aromatic carbocycles. The first-order chi connectivity index (χ1) is 9.42. The first-order valence-corrected chi connectivity index (χ1v) is 7.58. The summed E-state index contributed by atoms with van der Waals surface area (Å²) in [5.41, 5.74) is 1.33. The third-order valence-corrected chi connectivity index (χ3v) is 3.94. The third-order valence-electron chi connectivity index (χ3n) is 3.94. The van der Waals surface area contributed by atoms with Crippen LogP contribution in [-0.2, 0) is 6.54 Å². The Hall–Kier alpha value is -1.06. The van der Waals surface area contributed by atoms with Gasteiger partial charge in [-0.2, -0.15) is 0 Å². The second kappa shape index (κ2) is 6.40. The number of benzene rings is 1. The van der Waals surface area contributed by atoms with Gasteiger partial charge in [0, 0.05) is 24.7 Å². The molecule has 104 valence electrons. The first-order valence-electron chi connectivity index (χ1n) is 7.58.